The number of hydrogen-bond acceptors (Lipinski definition) is 9. The number of carbonyl (C=O) groups excluding carboxylic acids is 3. The minimum Gasteiger partial charge on any atom is -0.489 e. The van der Waals surface area contributed by atoms with E-state index in [1.165, 1.54) is 51.2 Å². The fourth-order valence-electron chi connectivity index (χ4n) is 5.33. The van der Waals surface area contributed by atoms with Gasteiger partial charge in [-0.05, 0) is 81.8 Å². The van der Waals surface area contributed by atoms with Crippen molar-refractivity contribution in [2.45, 2.75) is 50.5 Å². The third kappa shape index (κ3) is 7.54. The summed E-state index contributed by atoms with van der Waals surface area (Å²) in [6, 6.07) is 8.83. The lowest BCUT2D eigenvalue weighted by Crippen LogP contribution is -2.51. The number of ether oxygens (including phenoxy) is 1. The number of primary amides is 1. The Hall–Kier alpha value is -5.39. The van der Waals surface area contributed by atoms with Gasteiger partial charge in [0.25, 0.3) is 5.91 Å². The first-order valence-corrected chi connectivity index (χ1v) is 15.5. The number of aromatic nitrogens is 2. The number of alkyl halides is 3. The Balaban J connectivity index is 1.51. The molecule has 0 spiro atoms. The van der Waals surface area contributed by atoms with Crippen LogP contribution in [0.1, 0.15) is 48.0 Å². The van der Waals surface area contributed by atoms with Crippen LogP contribution >= 0.6 is 0 Å². The SMILES string of the molecule is Cc1cnc2c(NC(=O)NNCC(C)(C)O)cc(C(=O)NCC(O)(c3cc4c(c(-c5ccc(F)cc5)n3)OC[C@]4(C)C(N)=O)C(F)(F)F)cc2c1. The van der Waals surface area contributed by atoms with Gasteiger partial charge < -0.3 is 31.3 Å². The van der Waals surface area contributed by atoms with Crippen molar-refractivity contribution in [2.24, 2.45) is 5.73 Å². The molecule has 1 aliphatic heterocycles. The van der Waals surface area contributed by atoms with E-state index in [0.717, 1.165) is 18.2 Å². The second-order valence-electron chi connectivity index (χ2n) is 13.1. The predicted octanol–water partition coefficient (Wildman–Crippen LogP) is 3.46. The fourth-order valence-corrected chi connectivity index (χ4v) is 5.33. The molecule has 4 aromatic rings. The second kappa shape index (κ2) is 13.4. The van der Waals surface area contributed by atoms with Crippen LogP contribution in [0.2, 0.25) is 0 Å². The van der Waals surface area contributed by atoms with Gasteiger partial charge in [0.05, 0.1) is 29.0 Å². The van der Waals surface area contributed by atoms with E-state index in [-0.39, 0.29) is 52.5 Å². The number of hydrogen-bond donors (Lipinski definition) is 7. The van der Waals surface area contributed by atoms with Crippen LogP contribution in [0.5, 0.6) is 5.75 Å². The zero-order valence-corrected chi connectivity index (χ0v) is 27.8. The molecule has 5 rings (SSSR count). The first-order chi connectivity index (χ1) is 23.7. The Morgan fingerprint density at radius 2 is 1.73 bits per heavy atom. The summed E-state index contributed by atoms with van der Waals surface area (Å²) in [4.78, 5) is 47.0. The van der Waals surface area contributed by atoms with E-state index in [4.69, 9.17) is 10.5 Å². The van der Waals surface area contributed by atoms with Gasteiger partial charge in [-0.2, -0.15) is 13.2 Å². The molecule has 13 nitrogen and oxygen atoms in total. The molecule has 1 unspecified atom stereocenters. The monoisotopic (exact) mass is 713 g/mol. The van der Waals surface area contributed by atoms with Crippen LogP contribution < -0.4 is 32.0 Å². The molecule has 3 heterocycles. The van der Waals surface area contributed by atoms with Crippen LogP contribution in [-0.4, -0.2) is 69.5 Å². The zero-order valence-electron chi connectivity index (χ0n) is 27.8. The number of hydrazine groups is 1. The number of nitrogens with two attached hydrogens (primary N) is 1. The van der Waals surface area contributed by atoms with Gasteiger partial charge in [-0.25, -0.2) is 19.6 Å². The molecule has 0 saturated carbocycles. The van der Waals surface area contributed by atoms with E-state index >= 15 is 0 Å². The van der Waals surface area contributed by atoms with Crippen molar-refractivity contribution in [3.05, 3.63) is 82.9 Å². The summed E-state index contributed by atoms with van der Waals surface area (Å²) in [5.74, 6) is -2.68. The number of nitrogens with zero attached hydrogens (tertiary/aromatic N) is 2. The molecule has 2 aromatic heterocycles. The molecule has 0 aliphatic carbocycles. The zero-order chi connectivity index (χ0) is 37.5. The van der Waals surface area contributed by atoms with Gasteiger partial charge in [-0.3, -0.25) is 20.0 Å². The number of benzene rings is 2. The van der Waals surface area contributed by atoms with E-state index in [2.05, 4.69) is 31.5 Å². The van der Waals surface area contributed by atoms with Crippen LogP contribution in [0.3, 0.4) is 0 Å². The predicted molar refractivity (Wildman–Crippen MR) is 177 cm³/mol. The number of aryl methyl sites for hydroxylation is 1. The van der Waals surface area contributed by atoms with Crippen molar-refractivity contribution in [3.63, 3.8) is 0 Å². The first kappa shape index (κ1) is 36.9. The average molecular weight is 714 g/mol. The second-order valence-corrected chi connectivity index (χ2v) is 13.1. The van der Waals surface area contributed by atoms with Crippen molar-refractivity contribution in [1.29, 1.82) is 0 Å². The average Bonchev–Trinajstić information content (AvgIpc) is 3.39. The Morgan fingerprint density at radius 1 is 1.04 bits per heavy atom. The van der Waals surface area contributed by atoms with Gasteiger partial charge in [0.2, 0.25) is 11.5 Å². The lowest BCUT2D eigenvalue weighted by atomic mass is 9.81. The van der Waals surface area contributed by atoms with Gasteiger partial charge in [0.1, 0.15) is 29.3 Å². The maximum Gasteiger partial charge on any atom is 0.424 e. The number of aliphatic hydroxyl groups is 2. The normalized spacial score (nSPS) is 16.9. The molecule has 0 bridgehead atoms. The van der Waals surface area contributed by atoms with Crippen LogP contribution in [0.4, 0.5) is 28.0 Å². The van der Waals surface area contributed by atoms with Crippen LogP contribution in [0, 0.1) is 12.7 Å². The number of anilines is 1. The molecule has 17 heteroatoms. The van der Waals surface area contributed by atoms with Crippen LogP contribution in [0.15, 0.2) is 54.7 Å². The summed E-state index contributed by atoms with van der Waals surface area (Å²) < 4.78 is 64.0. The van der Waals surface area contributed by atoms with Crippen LogP contribution in [0.25, 0.3) is 22.2 Å². The van der Waals surface area contributed by atoms with E-state index in [1.807, 2.05) is 0 Å². The minimum atomic E-state index is -5.43. The molecule has 1 aliphatic rings. The summed E-state index contributed by atoms with van der Waals surface area (Å²) in [6.07, 6.45) is -3.92. The van der Waals surface area contributed by atoms with E-state index < -0.39 is 58.7 Å². The number of nitrogens with one attached hydrogen (secondary N) is 4. The minimum absolute atomic E-state index is 0.0115. The molecule has 4 amide bonds. The Labute approximate surface area is 288 Å². The number of carbonyl (C=O) groups is 3. The summed E-state index contributed by atoms with van der Waals surface area (Å²) in [6.45, 7) is 4.32. The van der Waals surface area contributed by atoms with Crippen molar-refractivity contribution >= 4 is 34.4 Å². The van der Waals surface area contributed by atoms with Gasteiger partial charge in [0, 0.05) is 34.8 Å². The first-order valence-electron chi connectivity index (χ1n) is 15.5. The number of pyridine rings is 2. The largest absolute Gasteiger partial charge is 0.489 e. The van der Waals surface area contributed by atoms with E-state index in [9.17, 15) is 42.2 Å². The highest BCUT2D eigenvalue weighted by Gasteiger charge is 2.57. The Bertz CT molecular complexity index is 2020. The lowest BCUT2D eigenvalue weighted by Gasteiger charge is -2.31. The maximum atomic E-state index is 14.9. The quantitative estimate of drug-likeness (QED) is 0.0950. The maximum absolute atomic E-state index is 14.9. The summed E-state index contributed by atoms with van der Waals surface area (Å²) >= 11 is 0. The highest BCUT2D eigenvalue weighted by atomic mass is 19.4. The Morgan fingerprint density at radius 3 is 2.35 bits per heavy atom. The van der Waals surface area contributed by atoms with Crippen molar-refractivity contribution < 1.29 is 46.9 Å². The standard InChI is InChI=1S/C34H35F4N7O6/c1-17-9-19-10-20(11-23(25(19)40-13-17)43-30(48)45-42-14-31(2,3)49)28(46)41-15-33(50,34(36,37)38)24-12-22-27(51-16-32(22,4)29(39)47)26(44-24)18-5-7-21(35)8-6-18/h5-13,42,49-50H,14-16H2,1-4H3,(H2,39,47)(H,41,46)(H2,43,45,48)/t32-,33?/m0/s1. The molecular weight excluding hydrogens is 678 g/mol. The molecule has 0 radical (unpaired) electrons. The highest BCUT2D eigenvalue weighted by molar-refractivity contribution is 6.05. The molecule has 270 valence electrons. The molecule has 51 heavy (non-hydrogen) atoms. The van der Waals surface area contributed by atoms with Crippen molar-refractivity contribution in [1.82, 2.24) is 26.1 Å². The number of halogens is 4. The number of amides is 4. The molecule has 8 N–H and O–H groups in total. The van der Waals surface area contributed by atoms with E-state index in [1.54, 1.807) is 13.0 Å². The lowest BCUT2D eigenvalue weighted by molar-refractivity contribution is -0.265. The van der Waals surface area contributed by atoms with Gasteiger partial charge >= 0.3 is 12.2 Å². The smallest absolute Gasteiger partial charge is 0.424 e. The molecule has 2 atom stereocenters. The van der Waals surface area contributed by atoms with Crippen molar-refractivity contribution in [3.8, 4) is 17.0 Å². The van der Waals surface area contributed by atoms with E-state index in [0.29, 0.717) is 10.9 Å². The number of fused-ring (bicyclic) bond motifs is 2. The van der Waals surface area contributed by atoms with Gasteiger partial charge in [-0.1, -0.05) is 0 Å². The fraction of sp³-hybridized carbons (Fsp3) is 0.324. The highest BCUT2D eigenvalue weighted by Crippen LogP contribution is 2.47. The molecule has 0 saturated heterocycles. The molecular formula is C34H35F4N7O6. The topological polar surface area (TPSA) is 201 Å². The summed E-state index contributed by atoms with van der Waals surface area (Å²) in [7, 11) is 0. The number of urea groups is 1. The van der Waals surface area contributed by atoms with Crippen LogP contribution in [-0.2, 0) is 15.8 Å². The van der Waals surface area contributed by atoms with Crippen molar-refractivity contribution in [2.75, 3.05) is 25.0 Å². The third-order valence-electron chi connectivity index (χ3n) is 8.28. The molecule has 2 aromatic carbocycles. The Kier molecular flexibility index (Phi) is 9.68. The number of rotatable bonds is 10. The summed E-state index contributed by atoms with van der Waals surface area (Å²) in [5.41, 5.74) is 3.52. The van der Waals surface area contributed by atoms with Gasteiger partial charge in [-0.15, -0.1) is 0 Å². The van der Waals surface area contributed by atoms with Gasteiger partial charge in [0.15, 0.2) is 0 Å². The summed E-state index contributed by atoms with van der Waals surface area (Å²) in [5, 5.41) is 26.2. The third-order valence-corrected chi connectivity index (χ3v) is 8.28. The molecule has 0 fully saturated rings.